The smallest absolute Gasteiger partial charge is 0.0627 e. The lowest BCUT2D eigenvalue weighted by atomic mass is 10.3. The third-order valence-electron chi connectivity index (χ3n) is 2.18. The second kappa shape index (κ2) is 7.23. The maximum atomic E-state index is 5.81. The topological polar surface area (TPSA) is 21.3 Å². The highest BCUT2D eigenvalue weighted by Gasteiger charge is 2.06. The van der Waals surface area contributed by atoms with Crippen molar-refractivity contribution in [3.63, 3.8) is 0 Å². The molecule has 1 heterocycles. The molecule has 0 aromatic carbocycles. The van der Waals surface area contributed by atoms with Gasteiger partial charge in [-0.2, -0.15) is 0 Å². The Hall–Kier alpha value is -0.0900. The van der Waals surface area contributed by atoms with Crippen LogP contribution in [0.1, 0.15) is 16.7 Å². The molecule has 0 saturated carbocycles. The Balaban J connectivity index is 2.34. The van der Waals surface area contributed by atoms with Gasteiger partial charge in [0.2, 0.25) is 0 Å². The summed E-state index contributed by atoms with van der Waals surface area (Å²) in [4.78, 5) is 2.79. The Bertz CT molecular complexity index is 277. The van der Waals surface area contributed by atoms with E-state index in [1.54, 1.807) is 7.11 Å². The average molecular weight is 248 g/mol. The van der Waals surface area contributed by atoms with Crippen molar-refractivity contribution in [1.82, 2.24) is 5.32 Å². The molecule has 1 atom stereocenters. The van der Waals surface area contributed by atoms with Gasteiger partial charge >= 0.3 is 0 Å². The Morgan fingerprint density at radius 1 is 1.47 bits per heavy atom. The van der Waals surface area contributed by atoms with Crippen molar-refractivity contribution in [3.8, 4) is 0 Å². The predicted octanol–water partition coefficient (Wildman–Crippen LogP) is 2.65. The van der Waals surface area contributed by atoms with Crippen LogP contribution in [0.2, 0.25) is 0 Å². The number of halogens is 1. The van der Waals surface area contributed by atoms with Crippen LogP contribution in [0.3, 0.4) is 0 Å². The molecule has 1 aromatic rings. The van der Waals surface area contributed by atoms with Crippen LogP contribution in [0.25, 0.3) is 0 Å². The Morgan fingerprint density at radius 3 is 2.73 bits per heavy atom. The van der Waals surface area contributed by atoms with E-state index in [0.717, 1.165) is 13.0 Å². The molecule has 0 amide bonds. The van der Waals surface area contributed by atoms with Crippen molar-refractivity contribution in [1.29, 1.82) is 0 Å². The van der Waals surface area contributed by atoms with Crippen molar-refractivity contribution in [3.05, 3.63) is 21.9 Å². The number of hydrogen-bond acceptors (Lipinski definition) is 3. The van der Waals surface area contributed by atoms with Crippen molar-refractivity contribution in [2.45, 2.75) is 25.9 Å². The van der Waals surface area contributed by atoms with Crippen LogP contribution in [0.5, 0.6) is 0 Å². The van der Waals surface area contributed by atoms with Gasteiger partial charge in [0.15, 0.2) is 0 Å². The van der Waals surface area contributed by atoms with E-state index >= 15 is 0 Å². The van der Waals surface area contributed by atoms with Crippen molar-refractivity contribution < 1.29 is 4.74 Å². The molecule has 0 aliphatic heterocycles. The maximum Gasteiger partial charge on any atom is 0.0627 e. The van der Waals surface area contributed by atoms with Crippen molar-refractivity contribution >= 4 is 22.9 Å². The minimum Gasteiger partial charge on any atom is -0.383 e. The number of hydrogen-bond donors (Lipinski definition) is 1. The summed E-state index contributed by atoms with van der Waals surface area (Å²) in [5.74, 6) is 0.583. The molecule has 0 aliphatic carbocycles. The monoisotopic (exact) mass is 247 g/mol. The van der Waals surface area contributed by atoms with Gasteiger partial charge in [0.05, 0.1) is 6.61 Å². The van der Waals surface area contributed by atoms with Crippen LogP contribution in [0.4, 0.5) is 0 Å². The molecule has 0 saturated heterocycles. The number of nitrogens with one attached hydrogen (secondary N) is 1. The minimum absolute atomic E-state index is 0.240. The molecule has 0 spiro atoms. The SMILES string of the molecule is CCc1ccc(CNC(CCl)COC)s1. The standard InChI is InChI=1S/C11H18ClNOS/c1-3-10-4-5-11(15-10)7-13-9(6-12)8-14-2/h4-5,9,13H,3,6-8H2,1-2H3. The van der Waals surface area contributed by atoms with Crippen molar-refractivity contribution in [2.24, 2.45) is 0 Å². The highest BCUT2D eigenvalue weighted by atomic mass is 35.5. The molecule has 0 radical (unpaired) electrons. The number of aryl methyl sites for hydroxylation is 1. The van der Waals surface area contributed by atoms with E-state index in [9.17, 15) is 0 Å². The zero-order valence-electron chi connectivity index (χ0n) is 9.25. The lowest BCUT2D eigenvalue weighted by molar-refractivity contribution is 0.173. The fourth-order valence-corrected chi connectivity index (χ4v) is 2.42. The summed E-state index contributed by atoms with van der Waals surface area (Å²) in [5, 5.41) is 3.38. The van der Waals surface area contributed by atoms with Gasteiger partial charge in [-0.3, -0.25) is 0 Å². The largest absolute Gasteiger partial charge is 0.383 e. The van der Waals surface area contributed by atoms with Gasteiger partial charge in [-0.25, -0.2) is 0 Å². The Labute approximate surface area is 101 Å². The van der Waals surface area contributed by atoms with Gasteiger partial charge in [-0.05, 0) is 18.6 Å². The normalized spacial score (nSPS) is 13.0. The van der Waals surface area contributed by atoms with Gasteiger partial charge in [-0.15, -0.1) is 22.9 Å². The minimum atomic E-state index is 0.240. The summed E-state index contributed by atoms with van der Waals surface area (Å²) < 4.78 is 5.07. The summed E-state index contributed by atoms with van der Waals surface area (Å²) in [6.45, 7) is 3.72. The van der Waals surface area contributed by atoms with Crippen LogP contribution in [0, 0.1) is 0 Å². The van der Waals surface area contributed by atoms with E-state index in [0.29, 0.717) is 12.5 Å². The summed E-state index contributed by atoms with van der Waals surface area (Å²) in [7, 11) is 1.70. The van der Waals surface area contributed by atoms with Crippen LogP contribution in [0.15, 0.2) is 12.1 Å². The molecule has 1 rings (SSSR count). The molecule has 0 fully saturated rings. The Kier molecular flexibility index (Phi) is 6.25. The molecule has 2 nitrogen and oxygen atoms in total. The summed E-state index contributed by atoms with van der Waals surface area (Å²) >= 11 is 7.66. The molecule has 4 heteroatoms. The first-order valence-electron chi connectivity index (χ1n) is 5.16. The van der Waals surface area contributed by atoms with Crippen LogP contribution in [-0.4, -0.2) is 25.6 Å². The van der Waals surface area contributed by atoms with E-state index in [1.807, 2.05) is 11.3 Å². The first-order valence-corrected chi connectivity index (χ1v) is 6.51. The molecule has 1 aromatic heterocycles. The van der Waals surface area contributed by atoms with Gasteiger partial charge in [0, 0.05) is 35.3 Å². The predicted molar refractivity (Wildman–Crippen MR) is 66.9 cm³/mol. The number of alkyl halides is 1. The van der Waals surface area contributed by atoms with Crippen molar-refractivity contribution in [2.75, 3.05) is 19.6 Å². The molecular weight excluding hydrogens is 230 g/mol. The van der Waals surface area contributed by atoms with E-state index in [1.165, 1.54) is 9.75 Å². The van der Waals surface area contributed by atoms with Gasteiger partial charge < -0.3 is 10.1 Å². The van der Waals surface area contributed by atoms with Crippen LogP contribution >= 0.6 is 22.9 Å². The third-order valence-corrected chi connectivity index (χ3v) is 3.79. The zero-order chi connectivity index (χ0) is 11.1. The highest BCUT2D eigenvalue weighted by Crippen LogP contribution is 2.16. The second-order valence-corrected chi connectivity index (χ2v) is 4.97. The lowest BCUT2D eigenvalue weighted by Gasteiger charge is -2.13. The highest BCUT2D eigenvalue weighted by molar-refractivity contribution is 7.11. The molecule has 1 unspecified atom stereocenters. The summed E-state index contributed by atoms with van der Waals surface area (Å²) in [5.41, 5.74) is 0. The fraction of sp³-hybridized carbons (Fsp3) is 0.636. The number of ether oxygens (including phenoxy) is 1. The molecule has 15 heavy (non-hydrogen) atoms. The summed E-state index contributed by atoms with van der Waals surface area (Å²) in [6.07, 6.45) is 1.11. The fourth-order valence-electron chi connectivity index (χ4n) is 1.31. The second-order valence-electron chi connectivity index (χ2n) is 3.41. The number of thiophene rings is 1. The van der Waals surface area contributed by atoms with E-state index in [4.69, 9.17) is 16.3 Å². The molecule has 0 aliphatic rings. The van der Waals surface area contributed by atoms with Crippen LogP contribution < -0.4 is 5.32 Å². The van der Waals surface area contributed by atoms with Crippen LogP contribution in [-0.2, 0) is 17.7 Å². The van der Waals surface area contributed by atoms with Gasteiger partial charge in [0.25, 0.3) is 0 Å². The average Bonchev–Trinajstić information content (AvgIpc) is 2.72. The number of rotatable bonds is 7. The first kappa shape index (κ1) is 13.0. The molecule has 0 bridgehead atoms. The van der Waals surface area contributed by atoms with Gasteiger partial charge in [0.1, 0.15) is 0 Å². The van der Waals surface area contributed by atoms with E-state index in [-0.39, 0.29) is 6.04 Å². The van der Waals surface area contributed by atoms with Gasteiger partial charge in [-0.1, -0.05) is 6.92 Å². The van der Waals surface area contributed by atoms with E-state index in [2.05, 4.69) is 24.4 Å². The summed E-state index contributed by atoms with van der Waals surface area (Å²) in [6, 6.07) is 4.60. The maximum absolute atomic E-state index is 5.81. The Morgan fingerprint density at radius 2 is 2.20 bits per heavy atom. The lowest BCUT2D eigenvalue weighted by Crippen LogP contribution is -2.34. The molecular formula is C11H18ClNOS. The first-order chi connectivity index (χ1) is 7.30. The molecule has 86 valence electrons. The number of methoxy groups -OCH3 is 1. The third kappa shape index (κ3) is 4.51. The zero-order valence-corrected chi connectivity index (χ0v) is 10.8. The molecule has 1 N–H and O–H groups in total. The quantitative estimate of drug-likeness (QED) is 0.748. The van der Waals surface area contributed by atoms with E-state index < -0.39 is 0 Å².